The molecule has 0 unspecified atom stereocenters. The molecule has 5 N–H and O–H groups in total. The molecule has 0 aliphatic heterocycles. The lowest BCUT2D eigenvalue weighted by Crippen LogP contribution is -2.36. The third kappa shape index (κ3) is 1.60. The van der Waals surface area contributed by atoms with Gasteiger partial charge in [0.1, 0.15) is 18.0 Å². The van der Waals surface area contributed by atoms with Crippen molar-refractivity contribution in [2.45, 2.75) is 12.1 Å². The molecule has 0 bridgehead atoms. The Hall–Kier alpha value is -1.40. The highest BCUT2D eigenvalue weighted by Gasteiger charge is 2.24. The third-order valence-corrected chi connectivity index (χ3v) is 1.42. The van der Waals surface area contributed by atoms with E-state index in [1.54, 1.807) is 0 Å². The smallest absolute Gasteiger partial charge is 0.323 e. The molecular formula is C6H9N3O3. The minimum absolute atomic E-state index is 0.157. The first-order valence-electron chi connectivity index (χ1n) is 3.28. The topological polar surface area (TPSA) is 112 Å². The van der Waals surface area contributed by atoms with E-state index in [0.29, 0.717) is 0 Å². The second-order valence-electron chi connectivity index (χ2n) is 2.28. The zero-order chi connectivity index (χ0) is 9.14. The van der Waals surface area contributed by atoms with Crippen LogP contribution in [0.1, 0.15) is 11.9 Å². The number of aromatic amines is 1. The fraction of sp³-hybridized carbons (Fsp3) is 0.333. The van der Waals surface area contributed by atoms with Crippen molar-refractivity contribution in [3.63, 3.8) is 0 Å². The molecule has 0 spiro atoms. The number of imidazole rings is 1. The van der Waals surface area contributed by atoms with Gasteiger partial charge in [0.05, 0.1) is 0 Å². The largest absolute Gasteiger partial charge is 0.480 e. The number of carboxylic acids is 1. The predicted molar refractivity (Wildman–Crippen MR) is 39.2 cm³/mol. The van der Waals surface area contributed by atoms with Gasteiger partial charge >= 0.3 is 5.97 Å². The summed E-state index contributed by atoms with van der Waals surface area (Å²) in [7, 11) is 0. The van der Waals surface area contributed by atoms with Crippen LogP contribution in [0.25, 0.3) is 0 Å². The van der Waals surface area contributed by atoms with Gasteiger partial charge < -0.3 is 20.9 Å². The summed E-state index contributed by atoms with van der Waals surface area (Å²) < 4.78 is 0. The highest BCUT2D eigenvalue weighted by Crippen LogP contribution is 2.09. The molecule has 2 atom stereocenters. The van der Waals surface area contributed by atoms with Crippen molar-refractivity contribution in [1.82, 2.24) is 9.97 Å². The summed E-state index contributed by atoms with van der Waals surface area (Å²) in [6.45, 7) is 0. The first kappa shape index (κ1) is 8.69. The van der Waals surface area contributed by atoms with Crippen molar-refractivity contribution >= 4 is 5.97 Å². The van der Waals surface area contributed by atoms with Crippen LogP contribution >= 0.6 is 0 Å². The molecule has 1 heterocycles. The predicted octanol–water partition coefficient (Wildman–Crippen LogP) is -1.15. The van der Waals surface area contributed by atoms with Crippen molar-refractivity contribution in [2.24, 2.45) is 5.73 Å². The van der Waals surface area contributed by atoms with E-state index in [1.807, 2.05) is 0 Å². The maximum atomic E-state index is 10.3. The molecule has 0 saturated heterocycles. The van der Waals surface area contributed by atoms with E-state index in [2.05, 4.69) is 9.97 Å². The van der Waals surface area contributed by atoms with Crippen LogP contribution in [0.3, 0.4) is 0 Å². The van der Waals surface area contributed by atoms with Gasteiger partial charge in [-0.25, -0.2) is 4.98 Å². The van der Waals surface area contributed by atoms with Crippen LogP contribution in [0, 0.1) is 0 Å². The van der Waals surface area contributed by atoms with Gasteiger partial charge in [-0.05, 0) is 0 Å². The van der Waals surface area contributed by atoms with Crippen LogP contribution in [0.4, 0.5) is 0 Å². The summed E-state index contributed by atoms with van der Waals surface area (Å²) in [5.41, 5.74) is 5.14. The molecule has 0 fully saturated rings. The summed E-state index contributed by atoms with van der Waals surface area (Å²) in [5, 5.41) is 17.7. The van der Waals surface area contributed by atoms with Crippen molar-refractivity contribution in [2.75, 3.05) is 0 Å². The first-order valence-corrected chi connectivity index (χ1v) is 3.28. The number of nitrogens with zero attached hydrogens (tertiary/aromatic N) is 1. The van der Waals surface area contributed by atoms with Crippen LogP contribution < -0.4 is 5.73 Å². The molecule has 6 heteroatoms. The van der Waals surface area contributed by atoms with Gasteiger partial charge in [-0.15, -0.1) is 0 Å². The molecule has 1 rings (SSSR count). The summed E-state index contributed by atoms with van der Waals surface area (Å²) >= 11 is 0. The zero-order valence-electron chi connectivity index (χ0n) is 6.14. The Bertz CT molecular complexity index is 259. The molecule has 0 aliphatic rings. The quantitative estimate of drug-likeness (QED) is 0.459. The van der Waals surface area contributed by atoms with E-state index in [0.717, 1.165) is 0 Å². The van der Waals surface area contributed by atoms with E-state index in [9.17, 15) is 9.90 Å². The number of aromatic nitrogens is 2. The lowest BCUT2D eigenvalue weighted by molar-refractivity contribution is -0.141. The van der Waals surface area contributed by atoms with Crippen molar-refractivity contribution in [1.29, 1.82) is 0 Å². The molecule has 0 radical (unpaired) electrons. The standard InChI is InChI=1S/C6H9N3O3/c7-3(6(11)12)4(10)5-8-1-2-9-5/h1-4,10H,7H2,(H,8,9)(H,11,12)/t3-,4-/m0/s1. The zero-order valence-corrected chi connectivity index (χ0v) is 6.14. The minimum atomic E-state index is -1.35. The molecule has 12 heavy (non-hydrogen) atoms. The molecule has 1 aromatic rings. The lowest BCUT2D eigenvalue weighted by atomic mass is 10.2. The Kier molecular flexibility index (Phi) is 2.41. The number of carbonyl (C=O) groups is 1. The molecular weight excluding hydrogens is 162 g/mol. The number of H-pyrrole nitrogens is 1. The van der Waals surface area contributed by atoms with Crippen LogP contribution in [0.15, 0.2) is 12.4 Å². The Morgan fingerprint density at radius 2 is 2.42 bits per heavy atom. The number of hydrogen-bond acceptors (Lipinski definition) is 4. The average Bonchev–Trinajstić information content (AvgIpc) is 2.53. The second-order valence-corrected chi connectivity index (χ2v) is 2.28. The number of nitrogens with one attached hydrogen (secondary N) is 1. The third-order valence-electron chi connectivity index (χ3n) is 1.42. The number of nitrogens with two attached hydrogens (primary N) is 1. The second kappa shape index (κ2) is 3.33. The van der Waals surface area contributed by atoms with E-state index >= 15 is 0 Å². The Morgan fingerprint density at radius 3 is 2.83 bits per heavy atom. The van der Waals surface area contributed by atoms with Crippen molar-refractivity contribution in [3.05, 3.63) is 18.2 Å². The monoisotopic (exact) mass is 171 g/mol. The maximum Gasteiger partial charge on any atom is 0.323 e. The van der Waals surface area contributed by atoms with E-state index in [4.69, 9.17) is 10.8 Å². The summed E-state index contributed by atoms with van der Waals surface area (Å²) in [6.07, 6.45) is 1.60. The molecule has 6 nitrogen and oxygen atoms in total. The van der Waals surface area contributed by atoms with Gasteiger partial charge in [0.15, 0.2) is 0 Å². The van der Waals surface area contributed by atoms with Crippen LogP contribution in [-0.4, -0.2) is 32.2 Å². The summed E-state index contributed by atoms with van der Waals surface area (Å²) in [6, 6.07) is -1.35. The molecule has 0 aliphatic carbocycles. The minimum Gasteiger partial charge on any atom is -0.480 e. The molecule has 0 aromatic carbocycles. The molecule has 0 saturated carbocycles. The van der Waals surface area contributed by atoms with E-state index in [-0.39, 0.29) is 5.82 Å². The maximum absolute atomic E-state index is 10.3. The van der Waals surface area contributed by atoms with Crippen LogP contribution in [0.5, 0.6) is 0 Å². The van der Waals surface area contributed by atoms with Gasteiger partial charge in [-0.1, -0.05) is 0 Å². The molecule has 1 aromatic heterocycles. The SMILES string of the molecule is N[C@H](C(=O)O)[C@H](O)c1ncc[nH]1. The first-order chi connectivity index (χ1) is 5.63. The van der Waals surface area contributed by atoms with E-state index < -0.39 is 18.1 Å². The van der Waals surface area contributed by atoms with Gasteiger partial charge in [0.25, 0.3) is 0 Å². The average molecular weight is 171 g/mol. The highest BCUT2D eigenvalue weighted by atomic mass is 16.4. The number of aliphatic hydroxyl groups is 1. The summed E-state index contributed by atoms with van der Waals surface area (Å²) in [4.78, 5) is 16.5. The van der Waals surface area contributed by atoms with Crippen LogP contribution in [-0.2, 0) is 4.79 Å². The van der Waals surface area contributed by atoms with Gasteiger partial charge in [-0.3, -0.25) is 4.79 Å². The molecule has 0 amide bonds. The number of hydrogen-bond donors (Lipinski definition) is 4. The van der Waals surface area contributed by atoms with Gasteiger partial charge in [0, 0.05) is 12.4 Å². The van der Waals surface area contributed by atoms with Crippen molar-refractivity contribution in [3.8, 4) is 0 Å². The van der Waals surface area contributed by atoms with Gasteiger partial charge in [-0.2, -0.15) is 0 Å². The van der Waals surface area contributed by atoms with Crippen molar-refractivity contribution < 1.29 is 15.0 Å². The Morgan fingerprint density at radius 1 is 1.75 bits per heavy atom. The highest BCUT2D eigenvalue weighted by molar-refractivity contribution is 5.74. The number of aliphatic carboxylic acids is 1. The fourth-order valence-electron chi connectivity index (χ4n) is 0.744. The number of carboxylic acid groups (broad SMARTS) is 1. The number of rotatable bonds is 3. The fourth-order valence-corrected chi connectivity index (χ4v) is 0.744. The number of aliphatic hydroxyl groups excluding tert-OH is 1. The van der Waals surface area contributed by atoms with Gasteiger partial charge in [0.2, 0.25) is 0 Å². The lowest BCUT2D eigenvalue weighted by Gasteiger charge is -2.11. The Labute approximate surface area is 68.0 Å². The van der Waals surface area contributed by atoms with Crippen LogP contribution in [0.2, 0.25) is 0 Å². The normalized spacial score (nSPS) is 15.5. The molecule has 66 valence electrons. The Balaban J connectivity index is 2.71. The van der Waals surface area contributed by atoms with E-state index in [1.165, 1.54) is 12.4 Å². The summed E-state index contributed by atoms with van der Waals surface area (Å²) in [5.74, 6) is -1.11.